The van der Waals surface area contributed by atoms with Gasteiger partial charge in [0.05, 0.1) is 35.1 Å². The average molecular weight is 483 g/mol. The quantitative estimate of drug-likeness (QED) is 0.322. The van der Waals surface area contributed by atoms with E-state index in [1.165, 1.54) is 18.2 Å². The fraction of sp³-hybridized carbons (Fsp3) is 0.320. The normalized spacial score (nSPS) is 11.4. The van der Waals surface area contributed by atoms with Crippen molar-refractivity contribution < 1.29 is 18.7 Å². The molecule has 0 saturated heterocycles. The summed E-state index contributed by atoms with van der Waals surface area (Å²) >= 11 is 1.68. The van der Waals surface area contributed by atoms with Crippen LogP contribution in [-0.4, -0.2) is 41.0 Å². The van der Waals surface area contributed by atoms with Crippen LogP contribution in [0.4, 0.5) is 10.1 Å². The Morgan fingerprint density at radius 3 is 2.68 bits per heavy atom. The number of fused-ring (bicyclic) bond motifs is 1. The molecule has 4 rings (SSSR count). The van der Waals surface area contributed by atoms with E-state index in [2.05, 4.69) is 16.5 Å². The molecule has 3 heterocycles. The number of hydrogen-bond donors (Lipinski definition) is 1. The van der Waals surface area contributed by atoms with Gasteiger partial charge >= 0.3 is 0 Å². The molecule has 4 aromatic rings. The van der Waals surface area contributed by atoms with Gasteiger partial charge in [-0.15, -0.1) is 11.3 Å². The lowest BCUT2D eigenvalue weighted by molar-refractivity contribution is 0.102. The lowest BCUT2D eigenvalue weighted by atomic mass is 10.1. The summed E-state index contributed by atoms with van der Waals surface area (Å²) in [6.07, 6.45) is 1.65. The standard InChI is InChI=1S/C25H27FN4O3S/c1-14(2)30-24-20(13-27-30)19(12-21(28-24)18-10-15(3)34-16(18)4)25(31)29-22-11-17(26)6-7-23(22)33-9-8-32-5/h6-7,10-14H,8-9H2,1-5H3,(H,29,31). The number of nitrogens with zero attached hydrogens (tertiary/aromatic N) is 3. The smallest absolute Gasteiger partial charge is 0.256 e. The molecule has 0 spiro atoms. The Labute approximate surface area is 201 Å². The summed E-state index contributed by atoms with van der Waals surface area (Å²) in [6, 6.07) is 7.91. The fourth-order valence-corrected chi connectivity index (χ4v) is 4.69. The Morgan fingerprint density at radius 1 is 1.21 bits per heavy atom. The van der Waals surface area contributed by atoms with Crippen molar-refractivity contribution in [2.24, 2.45) is 0 Å². The van der Waals surface area contributed by atoms with Gasteiger partial charge in [0.1, 0.15) is 18.2 Å². The van der Waals surface area contributed by atoms with Gasteiger partial charge in [0, 0.05) is 34.5 Å². The van der Waals surface area contributed by atoms with Crippen molar-refractivity contribution in [2.75, 3.05) is 25.6 Å². The minimum absolute atomic E-state index is 0.0606. The van der Waals surface area contributed by atoms with E-state index in [1.807, 2.05) is 27.7 Å². The minimum atomic E-state index is -0.480. The molecule has 0 atom stereocenters. The van der Waals surface area contributed by atoms with E-state index in [4.69, 9.17) is 14.5 Å². The summed E-state index contributed by atoms with van der Waals surface area (Å²) in [5.74, 6) is -0.518. The molecule has 0 aliphatic carbocycles. The van der Waals surface area contributed by atoms with Crippen LogP contribution in [0.3, 0.4) is 0 Å². The Balaban J connectivity index is 1.79. The number of carbonyl (C=O) groups excluding carboxylic acids is 1. The number of aryl methyl sites for hydroxylation is 2. The van der Waals surface area contributed by atoms with Gasteiger partial charge in [-0.25, -0.2) is 14.1 Å². The summed E-state index contributed by atoms with van der Waals surface area (Å²) in [4.78, 5) is 20.6. The first-order chi connectivity index (χ1) is 16.3. The molecular weight excluding hydrogens is 455 g/mol. The summed E-state index contributed by atoms with van der Waals surface area (Å²) in [7, 11) is 1.57. The zero-order valence-corrected chi connectivity index (χ0v) is 20.6. The first kappa shape index (κ1) is 23.8. The molecule has 7 nitrogen and oxygen atoms in total. The molecular formula is C25H27FN4O3S. The molecule has 3 aromatic heterocycles. The molecule has 0 unspecified atom stereocenters. The van der Waals surface area contributed by atoms with Gasteiger partial charge in [-0.3, -0.25) is 4.79 Å². The lowest BCUT2D eigenvalue weighted by Crippen LogP contribution is -2.15. The van der Waals surface area contributed by atoms with Crippen LogP contribution in [0.2, 0.25) is 0 Å². The van der Waals surface area contributed by atoms with E-state index in [9.17, 15) is 9.18 Å². The monoisotopic (exact) mass is 482 g/mol. The average Bonchev–Trinajstić information content (AvgIpc) is 3.37. The number of thiophene rings is 1. The Morgan fingerprint density at radius 2 is 2.00 bits per heavy atom. The number of halogens is 1. The van der Waals surface area contributed by atoms with Crippen LogP contribution in [0.1, 0.15) is 40.0 Å². The van der Waals surface area contributed by atoms with Crippen molar-refractivity contribution >= 4 is 34.0 Å². The van der Waals surface area contributed by atoms with E-state index >= 15 is 0 Å². The molecule has 0 saturated carbocycles. The molecule has 9 heteroatoms. The van der Waals surface area contributed by atoms with Crippen LogP contribution in [0.15, 0.2) is 36.5 Å². The fourth-order valence-electron chi connectivity index (χ4n) is 3.76. The second-order valence-electron chi connectivity index (χ2n) is 8.24. The Bertz CT molecular complexity index is 1350. The molecule has 0 fully saturated rings. The van der Waals surface area contributed by atoms with Gasteiger partial charge in [-0.2, -0.15) is 5.10 Å². The van der Waals surface area contributed by atoms with Crippen molar-refractivity contribution in [3.8, 4) is 17.0 Å². The second-order valence-corrected chi connectivity index (χ2v) is 9.70. The molecule has 0 aliphatic rings. The largest absolute Gasteiger partial charge is 0.489 e. The first-order valence-corrected chi connectivity index (χ1v) is 11.8. The molecule has 0 radical (unpaired) electrons. The highest BCUT2D eigenvalue weighted by Crippen LogP contribution is 2.33. The predicted octanol–water partition coefficient (Wildman–Crippen LogP) is 5.77. The highest BCUT2D eigenvalue weighted by molar-refractivity contribution is 7.12. The number of amides is 1. The molecule has 0 aliphatic heterocycles. The van der Waals surface area contributed by atoms with Crippen LogP contribution in [-0.2, 0) is 4.74 Å². The van der Waals surface area contributed by atoms with E-state index in [1.54, 1.807) is 35.4 Å². The van der Waals surface area contributed by atoms with Gasteiger partial charge in [-0.05, 0) is 52.0 Å². The third-order valence-electron chi connectivity index (χ3n) is 5.35. The number of hydrogen-bond acceptors (Lipinski definition) is 6. The zero-order chi connectivity index (χ0) is 24.4. The van der Waals surface area contributed by atoms with Crippen LogP contribution in [0.5, 0.6) is 5.75 Å². The van der Waals surface area contributed by atoms with Crippen molar-refractivity contribution in [3.05, 3.63) is 57.7 Å². The van der Waals surface area contributed by atoms with Gasteiger partial charge in [0.2, 0.25) is 0 Å². The zero-order valence-electron chi connectivity index (χ0n) is 19.8. The summed E-state index contributed by atoms with van der Waals surface area (Å²) in [5, 5.41) is 7.91. The topological polar surface area (TPSA) is 78.3 Å². The summed E-state index contributed by atoms with van der Waals surface area (Å²) in [6.45, 7) is 8.74. The maximum absolute atomic E-state index is 14.0. The molecule has 34 heavy (non-hydrogen) atoms. The van der Waals surface area contributed by atoms with Gasteiger partial charge < -0.3 is 14.8 Å². The number of anilines is 1. The van der Waals surface area contributed by atoms with Crippen LogP contribution in [0, 0.1) is 19.7 Å². The van der Waals surface area contributed by atoms with Gasteiger partial charge in [0.25, 0.3) is 5.91 Å². The number of ether oxygens (including phenoxy) is 2. The van der Waals surface area contributed by atoms with Crippen molar-refractivity contribution in [1.82, 2.24) is 14.8 Å². The predicted molar refractivity (Wildman–Crippen MR) is 132 cm³/mol. The Hall–Kier alpha value is -3.30. The molecule has 0 bridgehead atoms. The van der Waals surface area contributed by atoms with E-state index < -0.39 is 11.7 Å². The third-order valence-corrected chi connectivity index (χ3v) is 6.32. The van der Waals surface area contributed by atoms with Crippen molar-refractivity contribution in [1.29, 1.82) is 0 Å². The number of benzene rings is 1. The first-order valence-electron chi connectivity index (χ1n) is 11.0. The minimum Gasteiger partial charge on any atom is -0.489 e. The highest BCUT2D eigenvalue weighted by atomic mass is 32.1. The van der Waals surface area contributed by atoms with Crippen LogP contribution < -0.4 is 10.1 Å². The lowest BCUT2D eigenvalue weighted by Gasteiger charge is -2.14. The van der Waals surface area contributed by atoms with Gasteiger partial charge in [0.15, 0.2) is 5.65 Å². The van der Waals surface area contributed by atoms with E-state index in [0.29, 0.717) is 34.6 Å². The SMILES string of the molecule is COCCOc1ccc(F)cc1NC(=O)c1cc(-c2cc(C)sc2C)nc2c1cnn2C(C)C. The summed E-state index contributed by atoms with van der Waals surface area (Å²) < 4.78 is 26.5. The molecule has 178 valence electrons. The van der Waals surface area contributed by atoms with Gasteiger partial charge in [-0.1, -0.05) is 0 Å². The van der Waals surface area contributed by atoms with E-state index in [-0.39, 0.29) is 18.3 Å². The van der Waals surface area contributed by atoms with Crippen LogP contribution >= 0.6 is 11.3 Å². The highest BCUT2D eigenvalue weighted by Gasteiger charge is 2.21. The van der Waals surface area contributed by atoms with Crippen molar-refractivity contribution in [3.63, 3.8) is 0 Å². The summed E-state index contributed by atoms with van der Waals surface area (Å²) in [5.41, 5.74) is 2.94. The number of methoxy groups -OCH3 is 1. The number of pyridine rings is 1. The Kier molecular flexibility index (Phi) is 6.95. The molecule has 1 aromatic carbocycles. The third kappa shape index (κ3) is 4.80. The second kappa shape index (κ2) is 9.90. The van der Waals surface area contributed by atoms with Crippen LogP contribution in [0.25, 0.3) is 22.3 Å². The molecule has 1 amide bonds. The number of aromatic nitrogens is 3. The van der Waals surface area contributed by atoms with E-state index in [0.717, 1.165) is 15.3 Å². The maximum Gasteiger partial charge on any atom is 0.256 e. The number of carbonyl (C=O) groups is 1. The maximum atomic E-state index is 14.0. The number of rotatable bonds is 8. The number of nitrogens with one attached hydrogen (secondary N) is 1. The molecule has 1 N–H and O–H groups in total. The van der Waals surface area contributed by atoms with Crippen molar-refractivity contribution in [2.45, 2.75) is 33.7 Å².